The summed E-state index contributed by atoms with van der Waals surface area (Å²) in [6.45, 7) is 7.79. The largest absolute Gasteiger partial charge is 0.316 e. The van der Waals surface area contributed by atoms with Gasteiger partial charge in [-0.05, 0) is 56.4 Å². The molecule has 1 aliphatic rings. The first-order valence-electron chi connectivity index (χ1n) is 7.64. The van der Waals surface area contributed by atoms with E-state index in [4.69, 9.17) is 0 Å². The van der Waals surface area contributed by atoms with E-state index in [1.807, 2.05) is 0 Å². The van der Waals surface area contributed by atoms with Crippen molar-refractivity contribution in [2.24, 2.45) is 5.92 Å². The predicted molar refractivity (Wildman–Crippen MR) is 82.3 cm³/mol. The Balaban J connectivity index is 1.71. The molecule has 19 heavy (non-hydrogen) atoms. The van der Waals surface area contributed by atoms with Gasteiger partial charge in [0.15, 0.2) is 0 Å². The SMILES string of the molecule is CC(C)CNCCc1ccc(CN(C)C2CC2)cc1. The first-order chi connectivity index (χ1) is 9.15. The van der Waals surface area contributed by atoms with Gasteiger partial charge in [-0.2, -0.15) is 0 Å². The fraction of sp³-hybridized carbons (Fsp3) is 0.647. The lowest BCUT2D eigenvalue weighted by atomic mass is 10.1. The van der Waals surface area contributed by atoms with Crippen LogP contribution in [0, 0.1) is 5.92 Å². The van der Waals surface area contributed by atoms with Gasteiger partial charge in [-0.3, -0.25) is 4.90 Å². The van der Waals surface area contributed by atoms with Gasteiger partial charge in [0.2, 0.25) is 0 Å². The quantitative estimate of drug-likeness (QED) is 0.723. The topological polar surface area (TPSA) is 15.3 Å². The van der Waals surface area contributed by atoms with Gasteiger partial charge in [-0.25, -0.2) is 0 Å². The molecule has 0 saturated heterocycles. The minimum Gasteiger partial charge on any atom is -0.316 e. The average Bonchev–Trinajstić information content (AvgIpc) is 3.20. The number of hydrogen-bond acceptors (Lipinski definition) is 2. The summed E-state index contributed by atoms with van der Waals surface area (Å²) in [6.07, 6.45) is 3.90. The van der Waals surface area contributed by atoms with Crippen LogP contribution in [0.3, 0.4) is 0 Å². The predicted octanol–water partition coefficient (Wildman–Crippen LogP) is 3.07. The van der Waals surface area contributed by atoms with Gasteiger partial charge in [-0.1, -0.05) is 38.1 Å². The molecule has 1 aromatic carbocycles. The number of nitrogens with zero attached hydrogens (tertiary/aromatic N) is 1. The number of nitrogens with one attached hydrogen (secondary N) is 1. The van der Waals surface area contributed by atoms with Gasteiger partial charge in [0.05, 0.1) is 0 Å². The van der Waals surface area contributed by atoms with Gasteiger partial charge < -0.3 is 5.32 Å². The summed E-state index contributed by atoms with van der Waals surface area (Å²) in [7, 11) is 2.24. The number of hydrogen-bond donors (Lipinski definition) is 1. The molecule has 0 aliphatic heterocycles. The molecule has 1 N–H and O–H groups in total. The van der Waals surface area contributed by atoms with Gasteiger partial charge in [-0.15, -0.1) is 0 Å². The van der Waals surface area contributed by atoms with Crippen LogP contribution in [0.25, 0.3) is 0 Å². The van der Waals surface area contributed by atoms with Gasteiger partial charge in [0.1, 0.15) is 0 Å². The standard InChI is InChI=1S/C17H28N2/c1-14(2)12-18-11-10-15-4-6-16(7-5-15)13-19(3)17-8-9-17/h4-7,14,17-18H,8-13H2,1-3H3. The zero-order valence-electron chi connectivity index (χ0n) is 12.7. The third kappa shape index (κ3) is 5.33. The van der Waals surface area contributed by atoms with Crippen molar-refractivity contribution in [3.05, 3.63) is 35.4 Å². The summed E-state index contributed by atoms with van der Waals surface area (Å²) < 4.78 is 0. The van der Waals surface area contributed by atoms with Crippen LogP contribution >= 0.6 is 0 Å². The second-order valence-electron chi connectivity index (χ2n) is 6.31. The fourth-order valence-corrected chi connectivity index (χ4v) is 2.37. The smallest absolute Gasteiger partial charge is 0.0233 e. The molecule has 1 fully saturated rings. The second kappa shape index (κ2) is 7.06. The summed E-state index contributed by atoms with van der Waals surface area (Å²) >= 11 is 0. The lowest BCUT2D eigenvalue weighted by Gasteiger charge is -2.15. The molecule has 0 heterocycles. The van der Waals surface area contributed by atoms with E-state index < -0.39 is 0 Å². The van der Waals surface area contributed by atoms with Crippen molar-refractivity contribution in [3.63, 3.8) is 0 Å². The Morgan fingerprint density at radius 2 is 1.79 bits per heavy atom. The molecule has 0 unspecified atom stereocenters. The van der Waals surface area contributed by atoms with E-state index in [0.717, 1.165) is 38.0 Å². The van der Waals surface area contributed by atoms with Crippen LogP contribution in [-0.4, -0.2) is 31.1 Å². The maximum Gasteiger partial charge on any atom is 0.0233 e. The molecule has 2 nitrogen and oxygen atoms in total. The molecule has 2 heteroatoms. The number of rotatable bonds is 8. The van der Waals surface area contributed by atoms with E-state index >= 15 is 0 Å². The summed E-state index contributed by atoms with van der Waals surface area (Å²) in [5.74, 6) is 0.736. The average molecular weight is 260 g/mol. The Morgan fingerprint density at radius 3 is 2.37 bits per heavy atom. The van der Waals surface area contributed by atoms with Crippen LogP contribution in [0.5, 0.6) is 0 Å². The van der Waals surface area contributed by atoms with E-state index in [-0.39, 0.29) is 0 Å². The molecule has 0 amide bonds. The van der Waals surface area contributed by atoms with Crippen molar-refractivity contribution in [1.29, 1.82) is 0 Å². The molecule has 0 aromatic heterocycles. The third-order valence-corrected chi connectivity index (χ3v) is 3.77. The maximum absolute atomic E-state index is 3.50. The van der Waals surface area contributed by atoms with Crippen LogP contribution in [-0.2, 0) is 13.0 Å². The summed E-state index contributed by atoms with van der Waals surface area (Å²) in [6, 6.07) is 9.99. The second-order valence-corrected chi connectivity index (χ2v) is 6.31. The van der Waals surface area contributed by atoms with Crippen molar-refractivity contribution in [2.75, 3.05) is 20.1 Å². The maximum atomic E-state index is 3.50. The third-order valence-electron chi connectivity index (χ3n) is 3.77. The molecule has 0 atom stereocenters. The van der Waals surface area contributed by atoms with Crippen molar-refractivity contribution in [3.8, 4) is 0 Å². The molecular formula is C17H28N2. The Labute approximate surface area is 118 Å². The van der Waals surface area contributed by atoms with Crippen molar-refractivity contribution >= 4 is 0 Å². The first-order valence-corrected chi connectivity index (χ1v) is 7.64. The Kier molecular flexibility index (Phi) is 5.41. The van der Waals surface area contributed by atoms with E-state index in [9.17, 15) is 0 Å². The van der Waals surface area contributed by atoms with E-state index in [1.54, 1.807) is 0 Å². The van der Waals surface area contributed by atoms with Gasteiger partial charge in [0, 0.05) is 12.6 Å². The van der Waals surface area contributed by atoms with Crippen molar-refractivity contribution in [1.82, 2.24) is 10.2 Å². The lowest BCUT2D eigenvalue weighted by Crippen LogP contribution is -2.22. The fourth-order valence-electron chi connectivity index (χ4n) is 2.37. The molecule has 1 aliphatic carbocycles. The highest BCUT2D eigenvalue weighted by Gasteiger charge is 2.25. The molecule has 0 bridgehead atoms. The van der Waals surface area contributed by atoms with Crippen LogP contribution in [0.2, 0.25) is 0 Å². The highest BCUT2D eigenvalue weighted by Crippen LogP contribution is 2.26. The van der Waals surface area contributed by atoms with Crippen LogP contribution in [0.15, 0.2) is 24.3 Å². The Hall–Kier alpha value is -0.860. The highest BCUT2D eigenvalue weighted by atomic mass is 15.1. The van der Waals surface area contributed by atoms with E-state index in [1.165, 1.54) is 24.0 Å². The lowest BCUT2D eigenvalue weighted by molar-refractivity contribution is 0.316. The minimum atomic E-state index is 0.736. The normalized spacial score (nSPS) is 15.4. The molecule has 0 spiro atoms. The van der Waals surface area contributed by atoms with Crippen LogP contribution in [0.1, 0.15) is 37.8 Å². The molecule has 1 saturated carbocycles. The minimum absolute atomic E-state index is 0.736. The summed E-state index contributed by atoms with van der Waals surface area (Å²) in [5.41, 5.74) is 2.88. The Bertz CT molecular complexity index is 365. The zero-order chi connectivity index (χ0) is 13.7. The van der Waals surface area contributed by atoms with Crippen molar-refractivity contribution < 1.29 is 0 Å². The molecule has 2 rings (SSSR count). The first kappa shape index (κ1) is 14.5. The van der Waals surface area contributed by atoms with Gasteiger partial charge >= 0.3 is 0 Å². The van der Waals surface area contributed by atoms with Crippen molar-refractivity contribution in [2.45, 2.75) is 45.7 Å². The summed E-state index contributed by atoms with van der Waals surface area (Å²) in [4.78, 5) is 2.47. The molecular weight excluding hydrogens is 232 g/mol. The van der Waals surface area contributed by atoms with Gasteiger partial charge in [0.25, 0.3) is 0 Å². The molecule has 106 valence electrons. The summed E-state index contributed by atoms with van der Waals surface area (Å²) in [5, 5.41) is 3.50. The monoisotopic (exact) mass is 260 g/mol. The zero-order valence-corrected chi connectivity index (χ0v) is 12.7. The van der Waals surface area contributed by atoms with Crippen LogP contribution < -0.4 is 5.32 Å². The van der Waals surface area contributed by atoms with E-state index in [0.29, 0.717) is 0 Å². The van der Waals surface area contributed by atoms with Crippen LogP contribution in [0.4, 0.5) is 0 Å². The molecule has 0 radical (unpaired) electrons. The Morgan fingerprint density at radius 1 is 1.16 bits per heavy atom. The highest BCUT2D eigenvalue weighted by molar-refractivity contribution is 5.23. The van der Waals surface area contributed by atoms with E-state index in [2.05, 4.69) is 55.4 Å². The molecule has 1 aromatic rings. The number of benzene rings is 1.